The lowest BCUT2D eigenvalue weighted by molar-refractivity contribution is -0.133. The van der Waals surface area contributed by atoms with E-state index >= 15 is 0 Å². The van der Waals surface area contributed by atoms with Gasteiger partial charge in [0.2, 0.25) is 11.8 Å². The Morgan fingerprint density at radius 2 is 2.19 bits per heavy atom. The largest absolute Gasteiger partial charge is 0.344 e. The fourth-order valence-electron chi connectivity index (χ4n) is 2.56. The summed E-state index contributed by atoms with van der Waals surface area (Å²) in [6, 6.07) is 5.98. The van der Waals surface area contributed by atoms with E-state index in [1.807, 2.05) is 13.0 Å². The topological polar surface area (TPSA) is 49.4 Å². The van der Waals surface area contributed by atoms with Crippen LogP contribution in [-0.2, 0) is 16.0 Å². The number of amides is 2. The Balaban J connectivity index is 2.00. The molecule has 0 aliphatic carbocycles. The average molecular weight is 292 g/mol. The Morgan fingerprint density at radius 3 is 2.90 bits per heavy atom. The summed E-state index contributed by atoms with van der Waals surface area (Å²) in [5, 5.41) is 2.78. The molecule has 1 aromatic rings. The van der Waals surface area contributed by atoms with Crippen LogP contribution in [0.4, 0.5) is 4.39 Å². The van der Waals surface area contributed by atoms with Gasteiger partial charge in [0.05, 0.1) is 0 Å². The number of nitrogens with one attached hydrogen (secondary N) is 1. The third-order valence-corrected chi connectivity index (χ3v) is 3.69. The maximum Gasteiger partial charge on any atom is 0.245 e. The second-order valence-electron chi connectivity index (χ2n) is 5.36. The molecule has 1 heterocycles. The molecule has 0 saturated carbocycles. The van der Waals surface area contributed by atoms with Crippen LogP contribution >= 0.6 is 0 Å². The van der Waals surface area contributed by atoms with Crippen molar-refractivity contribution >= 4 is 11.8 Å². The maximum atomic E-state index is 13.2. The molecule has 2 rings (SSSR count). The van der Waals surface area contributed by atoms with Gasteiger partial charge in [0.15, 0.2) is 0 Å². The van der Waals surface area contributed by atoms with E-state index in [1.54, 1.807) is 11.0 Å². The van der Waals surface area contributed by atoms with Crippen molar-refractivity contribution < 1.29 is 14.0 Å². The van der Waals surface area contributed by atoms with Crippen molar-refractivity contribution in [2.24, 2.45) is 0 Å². The van der Waals surface area contributed by atoms with Crippen molar-refractivity contribution in [1.82, 2.24) is 10.2 Å². The Morgan fingerprint density at radius 1 is 1.38 bits per heavy atom. The fourth-order valence-corrected chi connectivity index (χ4v) is 2.56. The summed E-state index contributed by atoms with van der Waals surface area (Å²) in [7, 11) is 0. The number of carbonyl (C=O) groups excluding carboxylic acids is 2. The van der Waals surface area contributed by atoms with Gasteiger partial charge in [-0.2, -0.15) is 0 Å². The summed E-state index contributed by atoms with van der Waals surface area (Å²) < 4.78 is 13.2. The first-order chi connectivity index (χ1) is 10.1. The molecule has 0 radical (unpaired) electrons. The van der Waals surface area contributed by atoms with Gasteiger partial charge in [-0.1, -0.05) is 25.5 Å². The smallest absolute Gasteiger partial charge is 0.245 e. The molecule has 1 N–H and O–H groups in total. The number of nitrogens with zero attached hydrogens (tertiary/aromatic N) is 1. The average Bonchev–Trinajstić information content (AvgIpc) is 2.58. The number of carbonyl (C=O) groups is 2. The zero-order valence-corrected chi connectivity index (χ0v) is 12.3. The van der Waals surface area contributed by atoms with Gasteiger partial charge >= 0.3 is 0 Å². The van der Waals surface area contributed by atoms with Gasteiger partial charge in [-0.25, -0.2) is 4.39 Å². The molecule has 2 amide bonds. The predicted molar refractivity (Wildman–Crippen MR) is 78.1 cm³/mol. The van der Waals surface area contributed by atoms with Crippen LogP contribution in [0, 0.1) is 5.82 Å². The van der Waals surface area contributed by atoms with Crippen molar-refractivity contribution in [2.75, 3.05) is 13.1 Å². The van der Waals surface area contributed by atoms with Crippen LogP contribution in [-0.4, -0.2) is 35.8 Å². The lowest BCUT2D eigenvalue weighted by atomic mass is 10.1. The molecule has 21 heavy (non-hydrogen) atoms. The first-order valence-electron chi connectivity index (χ1n) is 7.42. The number of benzene rings is 1. The normalized spacial score (nSPS) is 19.3. The predicted octanol–water partition coefficient (Wildman–Crippen LogP) is 1.89. The van der Waals surface area contributed by atoms with E-state index < -0.39 is 6.04 Å². The highest BCUT2D eigenvalue weighted by molar-refractivity contribution is 5.89. The van der Waals surface area contributed by atoms with Crippen molar-refractivity contribution in [2.45, 2.75) is 38.6 Å². The molecule has 0 aromatic heterocycles. The minimum Gasteiger partial charge on any atom is -0.344 e. The van der Waals surface area contributed by atoms with Gasteiger partial charge in [0, 0.05) is 19.5 Å². The third kappa shape index (κ3) is 4.28. The van der Waals surface area contributed by atoms with Crippen LogP contribution in [0.5, 0.6) is 0 Å². The van der Waals surface area contributed by atoms with Gasteiger partial charge < -0.3 is 10.2 Å². The van der Waals surface area contributed by atoms with Crippen LogP contribution in [0.2, 0.25) is 0 Å². The van der Waals surface area contributed by atoms with Crippen molar-refractivity contribution in [3.63, 3.8) is 0 Å². The van der Waals surface area contributed by atoms with Crippen LogP contribution in [0.25, 0.3) is 0 Å². The minimum absolute atomic E-state index is 0.0286. The van der Waals surface area contributed by atoms with Crippen LogP contribution in [0.15, 0.2) is 24.3 Å². The van der Waals surface area contributed by atoms with Gasteiger partial charge in [0.1, 0.15) is 11.9 Å². The monoisotopic (exact) mass is 292 g/mol. The lowest BCUT2D eigenvalue weighted by Gasteiger charge is -2.23. The summed E-state index contributed by atoms with van der Waals surface area (Å²) in [5.41, 5.74) is 0.860. The summed E-state index contributed by atoms with van der Waals surface area (Å²) in [5.74, 6) is -0.371. The molecule has 5 heteroatoms. The molecule has 114 valence electrons. The second kappa shape index (κ2) is 7.20. The van der Waals surface area contributed by atoms with Gasteiger partial charge in [0.25, 0.3) is 0 Å². The minimum atomic E-state index is -0.419. The molecule has 1 aliphatic heterocycles. The number of hydrogen-bond acceptors (Lipinski definition) is 2. The summed E-state index contributed by atoms with van der Waals surface area (Å²) in [6.07, 6.45) is 2.42. The van der Waals surface area contributed by atoms with Crippen LogP contribution < -0.4 is 5.32 Å². The highest BCUT2D eigenvalue weighted by Crippen LogP contribution is 2.11. The van der Waals surface area contributed by atoms with E-state index in [0.29, 0.717) is 32.4 Å². The molecular weight excluding hydrogens is 271 g/mol. The fraction of sp³-hybridized carbons (Fsp3) is 0.500. The number of hydrogen-bond donors (Lipinski definition) is 1. The van der Waals surface area contributed by atoms with Gasteiger partial charge in [-0.3, -0.25) is 9.59 Å². The zero-order valence-electron chi connectivity index (χ0n) is 12.3. The molecule has 1 fully saturated rings. The second-order valence-corrected chi connectivity index (χ2v) is 5.36. The van der Waals surface area contributed by atoms with Gasteiger partial charge in [-0.15, -0.1) is 0 Å². The van der Waals surface area contributed by atoms with E-state index in [1.165, 1.54) is 12.1 Å². The molecule has 1 aliphatic rings. The van der Waals surface area contributed by atoms with Crippen LogP contribution in [0.1, 0.15) is 31.7 Å². The Bertz CT molecular complexity index is 519. The Labute approximate surface area is 124 Å². The molecular formula is C16H21FN2O2. The quantitative estimate of drug-likeness (QED) is 0.901. The molecule has 1 unspecified atom stereocenters. The molecule has 1 atom stereocenters. The van der Waals surface area contributed by atoms with E-state index in [4.69, 9.17) is 0 Å². The molecule has 0 bridgehead atoms. The first-order valence-corrected chi connectivity index (χ1v) is 7.42. The summed E-state index contributed by atoms with van der Waals surface area (Å²) in [6.45, 7) is 2.93. The highest BCUT2D eigenvalue weighted by Gasteiger charge is 2.28. The van der Waals surface area contributed by atoms with E-state index in [-0.39, 0.29) is 17.6 Å². The molecule has 0 spiro atoms. The first kappa shape index (κ1) is 15.5. The molecule has 1 saturated heterocycles. The van der Waals surface area contributed by atoms with E-state index in [0.717, 1.165) is 12.0 Å². The number of halogens is 1. The Kier molecular flexibility index (Phi) is 5.31. The standard InChI is InChI=1S/C16H21FN2O2/c1-2-4-14-16(21)19(10-8-15(20)18-14)9-7-12-5-3-6-13(17)11-12/h3,5-6,11,14H,2,4,7-10H2,1H3,(H,18,20). The highest BCUT2D eigenvalue weighted by atomic mass is 19.1. The van der Waals surface area contributed by atoms with Crippen LogP contribution in [0.3, 0.4) is 0 Å². The van der Waals surface area contributed by atoms with Crippen molar-refractivity contribution in [1.29, 1.82) is 0 Å². The van der Waals surface area contributed by atoms with Crippen molar-refractivity contribution in [3.8, 4) is 0 Å². The van der Waals surface area contributed by atoms with E-state index in [9.17, 15) is 14.0 Å². The van der Waals surface area contributed by atoms with Crippen molar-refractivity contribution in [3.05, 3.63) is 35.6 Å². The van der Waals surface area contributed by atoms with Gasteiger partial charge in [-0.05, 0) is 30.5 Å². The third-order valence-electron chi connectivity index (χ3n) is 3.69. The number of rotatable bonds is 5. The molecule has 1 aromatic carbocycles. The summed E-state index contributed by atoms with van der Waals surface area (Å²) >= 11 is 0. The SMILES string of the molecule is CCCC1NC(=O)CCN(CCc2cccc(F)c2)C1=O. The summed E-state index contributed by atoms with van der Waals surface area (Å²) in [4.78, 5) is 25.8. The molecule has 4 nitrogen and oxygen atoms in total. The maximum absolute atomic E-state index is 13.2. The zero-order chi connectivity index (χ0) is 15.2. The van der Waals surface area contributed by atoms with E-state index in [2.05, 4.69) is 5.32 Å². The lowest BCUT2D eigenvalue weighted by Crippen LogP contribution is -2.45. The Hall–Kier alpha value is -1.91.